The van der Waals surface area contributed by atoms with Gasteiger partial charge in [0.2, 0.25) is 0 Å². The Balaban J connectivity index is 2.82. The van der Waals surface area contributed by atoms with Crippen molar-refractivity contribution >= 4 is 12.1 Å². The van der Waals surface area contributed by atoms with Crippen LogP contribution in [-0.2, 0) is 19.0 Å². The SMILES string of the molecule is CO[C@@H]1CN(C(=O)OC(C)(C)C)CC[C@@]1(OC)C(=O)O. The van der Waals surface area contributed by atoms with Crippen molar-refractivity contribution in [3.63, 3.8) is 0 Å². The minimum atomic E-state index is -1.42. The molecule has 1 amide bonds. The number of carboxylic acid groups (broad SMARTS) is 1. The minimum Gasteiger partial charge on any atom is -0.479 e. The Morgan fingerprint density at radius 3 is 2.30 bits per heavy atom. The summed E-state index contributed by atoms with van der Waals surface area (Å²) in [6.45, 7) is 5.69. The van der Waals surface area contributed by atoms with Gasteiger partial charge in [-0.25, -0.2) is 9.59 Å². The van der Waals surface area contributed by atoms with Crippen LogP contribution < -0.4 is 0 Å². The molecule has 2 atom stereocenters. The molecular weight excluding hydrogens is 266 g/mol. The molecule has 1 rings (SSSR count). The molecule has 7 nitrogen and oxygen atoms in total. The molecule has 1 heterocycles. The van der Waals surface area contributed by atoms with Crippen LogP contribution in [0.4, 0.5) is 4.79 Å². The summed E-state index contributed by atoms with van der Waals surface area (Å²) in [6, 6.07) is 0. The van der Waals surface area contributed by atoms with Crippen LogP contribution in [0.15, 0.2) is 0 Å². The Morgan fingerprint density at radius 1 is 1.30 bits per heavy atom. The molecule has 0 aromatic carbocycles. The molecule has 1 saturated heterocycles. The number of methoxy groups -OCH3 is 2. The summed E-state index contributed by atoms with van der Waals surface area (Å²) >= 11 is 0. The van der Waals surface area contributed by atoms with E-state index in [1.165, 1.54) is 19.1 Å². The average molecular weight is 289 g/mol. The summed E-state index contributed by atoms with van der Waals surface area (Å²) in [4.78, 5) is 24.9. The summed E-state index contributed by atoms with van der Waals surface area (Å²) in [6.07, 6.45) is -1.07. The molecular formula is C13H23NO6. The van der Waals surface area contributed by atoms with Crippen molar-refractivity contribution in [3.05, 3.63) is 0 Å². The third-order valence-electron chi connectivity index (χ3n) is 3.32. The number of amides is 1. The van der Waals surface area contributed by atoms with Crippen molar-refractivity contribution in [2.75, 3.05) is 27.3 Å². The summed E-state index contributed by atoms with van der Waals surface area (Å²) < 4.78 is 15.7. The summed E-state index contributed by atoms with van der Waals surface area (Å²) in [7, 11) is 2.74. The standard InChI is InChI=1S/C13H23NO6/c1-12(2,3)20-11(17)14-7-6-13(19-5,10(15)16)9(8-14)18-4/h9H,6-8H2,1-5H3,(H,15,16)/t9-,13+/m1/s1. The predicted molar refractivity (Wildman–Crippen MR) is 70.6 cm³/mol. The number of rotatable bonds is 3. The van der Waals surface area contributed by atoms with Gasteiger partial charge in [0, 0.05) is 27.2 Å². The van der Waals surface area contributed by atoms with Crippen LogP contribution in [0.3, 0.4) is 0 Å². The number of hydrogen-bond donors (Lipinski definition) is 1. The fourth-order valence-corrected chi connectivity index (χ4v) is 2.22. The average Bonchev–Trinajstić information content (AvgIpc) is 2.35. The van der Waals surface area contributed by atoms with Crippen molar-refractivity contribution in [2.24, 2.45) is 0 Å². The van der Waals surface area contributed by atoms with Crippen LogP contribution in [0.1, 0.15) is 27.2 Å². The lowest BCUT2D eigenvalue weighted by atomic mass is 9.88. The largest absolute Gasteiger partial charge is 0.479 e. The molecule has 0 saturated carbocycles. The zero-order valence-electron chi connectivity index (χ0n) is 12.6. The normalized spacial score (nSPS) is 27.2. The van der Waals surface area contributed by atoms with Gasteiger partial charge in [0.25, 0.3) is 0 Å². The summed E-state index contributed by atoms with van der Waals surface area (Å²) in [5, 5.41) is 9.36. The highest BCUT2D eigenvalue weighted by Crippen LogP contribution is 2.29. The second-order valence-electron chi connectivity index (χ2n) is 5.80. The molecule has 0 radical (unpaired) electrons. The minimum absolute atomic E-state index is 0.117. The molecule has 0 unspecified atom stereocenters. The van der Waals surface area contributed by atoms with Crippen LogP contribution in [0, 0.1) is 0 Å². The molecule has 1 aliphatic heterocycles. The zero-order valence-corrected chi connectivity index (χ0v) is 12.6. The first-order chi connectivity index (χ1) is 9.16. The summed E-state index contributed by atoms with van der Waals surface area (Å²) in [5.41, 5.74) is -2.02. The zero-order chi connectivity index (χ0) is 15.6. The quantitative estimate of drug-likeness (QED) is 0.837. The predicted octanol–water partition coefficient (Wildman–Crippen LogP) is 1.11. The van der Waals surface area contributed by atoms with E-state index in [1.807, 2.05) is 0 Å². The molecule has 20 heavy (non-hydrogen) atoms. The van der Waals surface area contributed by atoms with E-state index in [0.29, 0.717) is 0 Å². The van der Waals surface area contributed by atoms with Gasteiger partial charge >= 0.3 is 12.1 Å². The van der Waals surface area contributed by atoms with Crippen molar-refractivity contribution in [3.8, 4) is 0 Å². The van der Waals surface area contributed by atoms with E-state index in [1.54, 1.807) is 20.8 Å². The molecule has 0 bridgehead atoms. The topological polar surface area (TPSA) is 85.3 Å². The second-order valence-corrected chi connectivity index (χ2v) is 5.80. The van der Waals surface area contributed by atoms with E-state index in [9.17, 15) is 14.7 Å². The lowest BCUT2D eigenvalue weighted by Crippen LogP contribution is -2.62. The molecule has 0 aromatic heterocycles. The van der Waals surface area contributed by atoms with Gasteiger partial charge in [0.05, 0.1) is 6.54 Å². The highest BCUT2D eigenvalue weighted by molar-refractivity contribution is 5.79. The van der Waals surface area contributed by atoms with Crippen molar-refractivity contribution in [2.45, 2.75) is 44.5 Å². The van der Waals surface area contributed by atoms with E-state index in [2.05, 4.69) is 0 Å². The number of carbonyl (C=O) groups is 2. The number of piperidine rings is 1. The number of likely N-dealkylation sites (tertiary alicyclic amines) is 1. The molecule has 116 valence electrons. The lowest BCUT2D eigenvalue weighted by molar-refractivity contribution is -0.191. The molecule has 0 aliphatic carbocycles. The first kappa shape index (κ1) is 16.7. The van der Waals surface area contributed by atoms with Crippen LogP contribution >= 0.6 is 0 Å². The van der Waals surface area contributed by atoms with Gasteiger partial charge in [-0.1, -0.05) is 0 Å². The van der Waals surface area contributed by atoms with Crippen LogP contribution in [0.2, 0.25) is 0 Å². The van der Waals surface area contributed by atoms with Gasteiger partial charge in [-0.2, -0.15) is 0 Å². The molecule has 1 N–H and O–H groups in total. The van der Waals surface area contributed by atoms with Gasteiger partial charge in [-0.3, -0.25) is 0 Å². The van der Waals surface area contributed by atoms with Gasteiger partial charge in [-0.05, 0) is 20.8 Å². The Labute approximate surface area is 118 Å². The highest BCUT2D eigenvalue weighted by Gasteiger charge is 2.51. The van der Waals surface area contributed by atoms with E-state index < -0.39 is 29.4 Å². The maximum atomic E-state index is 12.0. The van der Waals surface area contributed by atoms with Gasteiger partial charge in [-0.15, -0.1) is 0 Å². The number of nitrogens with zero attached hydrogens (tertiary/aromatic N) is 1. The fourth-order valence-electron chi connectivity index (χ4n) is 2.22. The number of carboxylic acids is 1. The van der Waals surface area contributed by atoms with Crippen molar-refractivity contribution < 1.29 is 28.9 Å². The van der Waals surface area contributed by atoms with Gasteiger partial charge < -0.3 is 24.2 Å². The summed E-state index contributed by atoms with van der Waals surface area (Å²) in [5.74, 6) is -1.09. The van der Waals surface area contributed by atoms with Crippen LogP contribution in [-0.4, -0.2) is 66.7 Å². The first-order valence-corrected chi connectivity index (χ1v) is 6.45. The van der Waals surface area contributed by atoms with Crippen molar-refractivity contribution in [1.29, 1.82) is 0 Å². The van der Waals surface area contributed by atoms with E-state index >= 15 is 0 Å². The number of aliphatic carboxylic acids is 1. The monoisotopic (exact) mass is 289 g/mol. The second kappa shape index (κ2) is 5.97. The maximum absolute atomic E-state index is 12.0. The number of ether oxygens (including phenoxy) is 3. The molecule has 1 aliphatic rings. The molecule has 0 spiro atoms. The van der Waals surface area contributed by atoms with Gasteiger partial charge in [0.1, 0.15) is 11.7 Å². The molecule has 7 heteroatoms. The molecule has 0 aromatic rings. The van der Waals surface area contributed by atoms with E-state index in [0.717, 1.165) is 0 Å². The van der Waals surface area contributed by atoms with E-state index in [-0.39, 0.29) is 19.5 Å². The van der Waals surface area contributed by atoms with E-state index in [4.69, 9.17) is 14.2 Å². The smallest absolute Gasteiger partial charge is 0.410 e. The Hall–Kier alpha value is -1.34. The lowest BCUT2D eigenvalue weighted by Gasteiger charge is -2.43. The Kier molecular flexibility index (Phi) is 4.99. The number of carbonyl (C=O) groups excluding carboxylic acids is 1. The van der Waals surface area contributed by atoms with Gasteiger partial charge in [0.15, 0.2) is 5.60 Å². The third-order valence-corrected chi connectivity index (χ3v) is 3.32. The highest BCUT2D eigenvalue weighted by atomic mass is 16.6. The fraction of sp³-hybridized carbons (Fsp3) is 0.846. The van der Waals surface area contributed by atoms with Crippen LogP contribution in [0.5, 0.6) is 0 Å². The first-order valence-electron chi connectivity index (χ1n) is 6.45. The molecule has 1 fully saturated rings. The number of hydrogen-bond acceptors (Lipinski definition) is 5. The Morgan fingerprint density at radius 2 is 1.90 bits per heavy atom. The van der Waals surface area contributed by atoms with Crippen LogP contribution in [0.25, 0.3) is 0 Å². The van der Waals surface area contributed by atoms with Crippen molar-refractivity contribution in [1.82, 2.24) is 4.90 Å². The maximum Gasteiger partial charge on any atom is 0.410 e. The third kappa shape index (κ3) is 3.40. The Bertz CT molecular complexity index is 378.